The van der Waals surface area contributed by atoms with E-state index in [1.54, 1.807) is 0 Å². The largest absolute Gasteiger partial charge is 0.395 e. The first-order valence-electron chi connectivity index (χ1n) is 7.16. The summed E-state index contributed by atoms with van der Waals surface area (Å²) < 4.78 is 5.41. The monoisotopic (exact) mass is 263 g/mol. The first-order chi connectivity index (χ1) is 9.20. The van der Waals surface area contributed by atoms with Crippen LogP contribution in [-0.4, -0.2) is 31.5 Å². The predicted molar refractivity (Wildman–Crippen MR) is 77.2 cm³/mol. The molecule has 1 fully saturated rings. The molecule has 3 N–H and O–H groups in total. The van der Waals surface area contributed by atoms with E-state index >= 15 is 0 Å². The molecule has 0 aliphatic carbocycles. The highest BCUT2D eigenvalue weighted by Crippen LogP contribution is 2.34. The van der Waals surface area contributed by atoms with Gasteiger partial charge in [-0.2, -0.15) is 0 Å². The lowest BCUT2D eigenvalue weighted by molar-refractivity contribution is 0.0494. The minimum atomic E-state index is -0.298. The smallest absolute Gasteiger partial charge is 0.0540 e. The Labute approximate surface area is 115 Å². The fourth-order valence-electron chi connectivity index (χ4n) is 3.02. The van der Waals surface area contributed by atoms with Crippen molar-refractivity contribution in [2.45, 2.75) is 31.6 Å². The number of aliphatic hydroxyl groups excluding tert-OH is 1. The maximum Gasteiger partial charge on any atom is 0.0540 e. The average molecular weight is 263 g/mol. The molecule has 1 aromatic carbocycles. The van der Waals surface area contributed by atoms with Gasteiger partial charge in [0, 0.05) is 25.2 Å². The third kappa shape index (κ3) is 3.35. The van der Waals surface area contributed by atoms with Gasteiger partial charge in [-0.15, -0.1) is 0 Å². The highest BCUT2D eigenvalue weighted by molar-refractivity contribution is 5.30. The van der Waals surface area contributed by atoms with Crippen LogP contribution in [0.2, 0.25) is 0 Å². The van der Waals surface area contributed by atoms with Crippen molar-refractivity contribution in [3.05, 3.63) is 35.4 Å². The number of hydrogen-bond donors (Lipinski definition) is 2. The van der Waals surface area contributed by atoms with Crippen LogP contribution in [0.15, 0.2) is 24.3 Å². The Bertz CT molecular complexity index is 395. The lowest BCUT2D eigenvalue weighted by Crippen LogP contribution is -2.41. The summed E-state index contributed by atoms with van der Waals surface area (Å²) in [4.78, 5) is 0. The molecule has 1 atom stereocenters. The number of ether oxygens (including phenoxy) is 1. The molecule has 3 nitrogen and oxygen atoms in total. The molecular formula is C16H25NO2. The van der Waals surface area contributed by atoms with Crippen LogP contribution in [0.5, 0.6) is 0 Å². The summed E-state index contributed by atoms with van der Waals surface area (Å²) in [6.07, 6.45) is 3.11. The maximum absolute atomic E-state index is 9.94. The van der Waals surface area contributed by atoms with Gasteiger partial charge in [0.25, 0.3) is 0 Å². The van der Waals surface area contributed by atoms with Crippen LogP contribution < -0.4 is 5.73 Å². The van der Waals surface area contributed by atoms with Crippen LogP contribution in [0, 0.1) is 12.8 Å². The lowest BCUT2D eigenvalue weighted by atomic mass is 9.72. The quantitative estimate of drug-likeness (QED) is 0.854. The van der Waals surface area contributed by atoms with Gasteiger partial charge in [0.1, 0.15) is 0 Å². The van der Waals surface area contributed by atoms with E-state index in [1.165, 1.54) is 11.1 Å². The van der Waals surface area contributed by atoms with Crippen molar-refractivity contribution >= 4 is 0 Å². The van der Waals surface area contributed by atoms with Crippen molar-refractivity contribution in [3.63, 3.8) is 0 Å². The van der Waals surface area contributed by atoms with Crippen molar-refractivity contribution in [1.82, 2.24) is 0 Å². The molecule has 1 unspecified atom stereocenters. The van der Waals surface area contributed by atoms with Gasteiger partial charge in [0.2, 0.25) is 0 Å². The summed E-state index contributed by atoms with van der Waals surface area (Å²) in [6, 6.07) is 8.38. The van der Waals surface area contributed by atoms with E-state index in [2.05, 4.69) is 31.2 Å². The van der Waals surface area contributed by atoms with Gasteiger partial charge in [-0.1, -0.05) is 29.8 Å². The summed E-state index contributed by atoms with van der Waals surface area (Å²) in [7, 11) is 0. The van der Waals surface area contributed by atoms with E-state index < -0.39 is 0 Å². The molecule has 1 heterocycles. The van der Waals surface area contributed by atoms with Crippen molar-refractivity contribution in [1.29, 1.82) is 0 Å². The SMILES string of the molecule is Cc1cccc(C(CN)(CO)CC2CCOCC2)c1. The van der Waals surface area contributed by atoms with Gasteiger partial charge in [0.05, 0.1) is 6.61 Å². The van der Waals surface area contributed by atoms with Gasteiger partial charge in [0.15, 0.2) is 0 Å². The molecule has 106 valence electrons. The van der Waals surface area contributed by atoms with Crippen LogP contribution in [0.4, 0.5) is 0 Å². The standard InChI is InChI=1S/C16H25NO2/c1-13-3-2-4-15(9-13)16(11-17,12-18)10-14-5-7-19-8-6-14/h2-4,9,14,18H,5-8,10-12,17H2,1H3. The fourth-order valence-corrected chi connectivity index (χ4v) is 3.02. The molecular weight excluding hydrogens is 238 g/mol. The van der Waals surface area contributed by atoms with Gasteiger partial charge in [-0.3, -0.25) is 0 Å². The zero-order valence-corrected chi connectivity index (χ0v) is 11.8. The Morgan fingerprint density at radius 1 is 1.37 bits per heavy atom. The first kappa shape index (κ1) is 14.5. The Hall–Kier alpha value is -0.900. The molecule has 1 saturated heterocycles. The average Bonchev–Trinajstić information content (AvgIpc) is 2.46. The van der Waals surface area contributed by atoms with E-state index in [9.17, 15) is 5.11 Å². The van der Waals surface area contributed by atoms with Crippen molar-refractivity contribution in [2.75, 3.05) is 26.4 Å². The zero-order chi connectivity index (χ0) is 13.7. The first-order valence-corrected chi connectivity index (χ1v) is 7.16. The second kappa shape index (κ2) is 6.51. The topological polar surface area (TPSA) is 55.5 Å². The molecule has 0 aromatic heterocycles. The number of benzene rings is 1. The second-order valence-electron chi connectivity index (χ2n) is 5.77. The Morgan fingerprint density at radius 3 is 2.68 bits per heavy atom. The number of hydrogen-bond acceptors (Lipinski definition) is 3. The molecule has 1 aliphatic heterocycles. The van der Waals surface area contributed by atoms with Crippen LogP contribution in [0.25, 0.3) is 0 Å². The van der Waals surface area contributed by atoms with Crippen LogP contribution in [0.1, 0.15) is 30.4 Å². The molecule has 19 heavy (non-hydrogen) atoms. The Kier molecular flexibility index (Phi) is 4.97. The Balaban J connectivity index is 2.20. The predicted octanol–water partition coefficient (Wildman–Crippen LogP) is 2.00. The molecule has 1 aliphatic rings. The third-order valence-corrected chi connectivity index (χ3v) is 4.34. The summed E-state index contributed by atoms with van der Waals surface area (Å²) in [5.41, 5.74) is 8.12. The van der Waals surface area contributed by atoms with Crippen LogP contribution in [-0.2, 0) is 10.2 Å². The number of rotatable bonds is 5. The normalized spacial score (nSPS) is 20.2. The number of nitrogens with two attached hydrogens (primary N) is 1. The minimum Gasteiger partial charge on any atom is -0.395 e. The molecule has 3 heteroatoms. The lowest BCUT2D eigenvalue weighted by Gasteiger charge is -2.36. The molecule has 0 spiro atoms. The highest BCUT2D eigenvalue weighted by atomic mass is 16.5. The van der Waals surface area contributed by atoms with E-state index in [4.69, 9.17) is 10.5 Å². The number of aryl methyl sites for hydroxylation is 1. The summed E-state index contributed by atoms with van der Waals surface area (Å²) in [6.45, 7) is 4.36. The minimum absolute atomic E-state index is 0.115. The Morgan fingerprint density at radius 2 is 2.11 bits per heavy atom. The molecule has 0 bridgehead atoms. The van der Waals surface area contributed by atoms with Gasteiger partial charge in [-0.25, -0.2) is 0 Å². The van der Waals surface area contributed by atoms with Crippen LogP contribution >= 0.6 is 0 Å². The highest BCUT2D eigenvalue weighted by Gasteiger charge is 2.33. The molecule has 1 aromatic rings. The fraction of sp³-hybridized carbons (Fsp3) is 0.625. The maximum atomic E-state index is 9.94. The van der Waals surface area contributed by atoms with Gasteiger partial charge in [-0.05, 0) is 37.7 Å². The third-order valence-electron chi connectivity index (χ3n) is 4.34. The van der Waals surface area contributed by atoms with E-state index in [1.807, 2.05) is 0 Å². The summed E-state index contributed by atoms with van der Waals surface area (Å²) in [5, 5.41) is 9.94. The van der Waals surface area contributed by atoms with E-state index in [0.29, 0.717) is 12.5 Å². The van der Waals surface area contributed by atoms with E-state index in [0.717, 1.165) is 32.5 Å². The summed E-state index contributed by atoms with van der Waals surface area (Å²) in [5.74, 6) is 0.602. The molecule has 2 rings (SSSR count). The summed E-state index contributed by atoms with van der Waals surface area (Å²) >= 11 is 0. The van der Waals surface area contributed by atoms with Crippen LogP contribution in [0.3, 0.4) is 0 Å². The molecule has 0 saturated carbocycles. The van der Waals surface area contributed by atoms with Crippen molar-refractivity contribution < 1.29 is 9.84 Å². The zero-order valence-electron chi connectivity index (χ0n) is 11.8. The molecule has 0 amide bonds. The van der Waals surface area contributed by atoms with Gasteiger partial charge < -0.3 is 15.6 Å². The van der Waals surface area contributed by atoms with Crippen molar-refractivity contribution in [2.24, 2.45) is 11.7 Å². The van der Waals surface area contributed by atoms with E-state index in [-0.39, 0.29) is 12.0 Å². The van der Waals surface area contributed by atoms with Crippen molar-refractivity contribution in [3.8, 4) is 0 Å². The van der Waals surface area contributed by atoms with Gasteiger partial charge >= 0.3 is 0 Å². The number of aliphatic hydroxyl groups is 1. The molecule has 0 radical (unpaired) electrons. The second-order valence-corrected chi connectivity index (χ2v) is 5.77.